The molecule has 0 unspecified atom stereocenters. The Balaban J connectivity index is 1.82. The average Bonchev–Trinajstić information content (AvgIpc) is 2.53. The SMILES string of the molecule is Cc1ccccc1OCC(=O)N1CCN(C(=O)C(=O)[O-])CC1. The molecule has 0 aromatic heterocycles. The minimum atomic E-state index is -1.72. The van der Waals surface area contributed by atoms with Crippen molar-refractivity contribution < 1.29 is 24.2 Å². The number of carbonyl (C=O) groups is 3. The Morgan fingerprint density at radius 1 is 1.09 bits per heavy atom. The van der Waals surface area contributed by atoms with Crippen molar-refractivity contribution >= 4 is 17.8 Å². The number of carbonyl (C=O) groups excluding carboxylic acids is 3. The number of aryl methyl sites for hydroxylation is 1. The number of nitrogens with zero attached hydrogens (tertiary/aromatic N) is 2. The molecule has 0 aliphatic carbocycles. The molecule has 2 rings (SSSR count). The van der Waals surface area contributed by atoms with Crippen LogP contribution in [0, 0.1) is 6.92 Å². The van der Waals surface area contributed by atoms with E-state index in [1.165, 1.54) is 4.90 Å². The van der Waals surface area contributed by atoms with E-state index in [4.69, 9.17) is 4.74 Å². The number of hydrogen-bond acceptors (Lipinski definition) is 5. The van der Waals surface area contributed by atoms with Gasteiger partial charge in [0.25, 0.3) is 11.8 Å². The molecule has 0 bridgehead atoms. The zero-order valence-electron chi connectivity index (χ0n) is 12.3. The van der Waals surface area contributed by atoms with Gasteiger partial charge in [-0.05, 0) is 18.6 Å². The highest BCUT2D eigenvalue weighted by Crippen LogP contribution is 2.16. The molecule has 1 heterocycles. The normalized spacial score (nSPS) is 14.6. The van der Waals surface area contributed by atoms with Gasteiger partial charge in [-0.3, -0.25) is 9.59 Å². The Morgan fingerprint density at radius 3 is 2.27 bits per heavy atom. The summed E-state index contributed by atoms with van der Waals surface area (Å²) >= 11 is 0. The standard InChI is InChI=1S/C15H18N2O5/c1-11-4-2-3-5-12(11)22-10-13(18)16-6-8-17(9-7-16)14(19)15(20)21/h2-5H,6-10H2,1H3,(H,20,21)/p-1. The summed E-state index contributed by atoms with van der Waals surface area (Å²) in [6.45, 7) is 2.75. The van der Waals surface area contributed by atoms with Gasteiger partial charge in [0.1, 0.15) is 11.7 Å². The lowest BCUT2D eigenvalue weighted by Gasteiger charge is -2.34. The van der Waals surface area contributed by atoms with Crippen LogP contribution in [0.1, 0.15) is 5.56 Å². The van der Waals surface area contributed by atoms with Crippen molar-refractivity contribution in [3.63, 3.8) is 0 Å². The minimum absolute atomic E-state index is 0.0840. The van der Waals surface area contributed by atoms with Gasteiger partial charge in [0.2, 0.25) is 0 Å². The Kier molecular flexibility index (Phi) is 4.98. The summed E-state index contributed by atoms with van der Waals surface area (Å²) in [7, 11) is 0. The van der Waals surface area contributed by atoms with E-state index in [-0.39, 0.29) is 38.7 Å². The van der Waals surface area contributed by atoms with Gasteiger partial charge in [0, 0.05) is 26.2 Å². The maximum absolute atomic E-state index is 12.1. The Hall–Kier alpha value is -2.57. The zero-order chi connectivity index (χ0) is 16.1. The third kappa shape index (κ3) is 3.75. The van der Waals surface area contributed by atoms with Crippen LogP contribution in [0.15, 0.2) is 24.3 Å². The molecule has 1 saturated heterocycles. The van der Waals surface area contributed by atoms with E-state index in [2.05, 4.69) is 0 Å². The van der Waals surface area contributed by atoms with Crippen LogP contribution in [-0.4, -0.2) is 60.4 Å². The first-order chi connectivity index (χ1) is 10.5. The van der Waals surface area contributed by atoms with Gasteiger partial charge in [0.05, 0.1) is 0 Å². The highest BCUT2D eigenvalue weighted by molar-refractivity contribution is 6.30. The number of para-hydroxylation sites is 1. The molecule has 1 fully saturated rings. The minimum Gasteiger partial charge on any atom is -0.540 e. The highest BCUT2D eigenvalue weighted by Gasteiger charge is 2.24. The number of piperazine rings is 1. The van der Waals surface area contributed by atoms with Crippen LogP contribution in [0.4, 0.5) is 0 Å². The van der Waals surface area contributed by atoms with Crippen LogP contribution in [0.2, 0.25) is 0 Å². The summed E-state index contributed by atoms with van der Waals surface area (Å²) in [4.78, 5) is 36.5. The van der Waals surface area contributed by atoms with Crippen molar-refractivity contribution in [3.05, 3.63) is 29.8 Å². The number of benzene rings is 1. The molecule has 0 saturated carbocycles. The number of rotatable bonds is 3. The van der Waals surface area contributed by atoms with Crippen LogP contribution in [-0.2, 0) is 14.4 Å². The van der Waals surface area contributed by atoms with E-state index in [1.807, 2.05) is 25.1 Å². The predicted octanol–water partition coefficient (Wildman–Crippen LogP) is -1.21. The fourth-order valence-electron chi connectivity index (χ4n) is 2.24. The second-order valence-corrected chi connectivity index (χ2v) is 5.01. The van der Waals surface area contributed by atoms with Gasteiger partial charge in [-0.2, -0.15) is 0 Å². The summed E-state index contributed by atoms with van der Waals surface area (Å²) in [6.07, 6.45) is 0. The number of aliphatic carboxylic acids is 1. The van der Waals surface area contributed by atoms with Crippen molar-refractivity contribution in [2.75, 3.05) is 32.8 Å². The lowest BCUT2D eigenvalue weighted by Crippen LogP contribution is -2.55. The van der Waals surface area contributed by atoms with Crippen molar-refractivity contribution in [2.24, 2.45) is 0 Å². The summed E-state index contributed by atoms with van der Waals surface area (Å²) in [5.74, 6) is -2.30. The van der Waals surface area contributed by atoms with E-state index in [9.17, 15) is 19.5 Å². The van der Waals surface area contributed by atoms with Crippen molar-refractivity contribution in [1.29, 1.82) is 0 Å². The summed E-state index contributed by atoms with van der Waals surface area (Å²) < 4.78 is 5.49. The third-order valence-electron chi connectivity index (χ3n) is 3.54. The molecule has 2 amide bonds. The van der Waals surface area contributed by atoms with Gasteiger partial charge in [-0.1, -0.05) is 18.2 Å². The fourth-order valence-corrected chi connectivity index (χ4v) is 2.24. The number of hydrogen-bond donors (Lipinski definition) is 0. The monoisotopic (exact) mass is 305 g/mol. The Labute approximate surface area is 128 Å². The van der Waals surface area contributed by atoms with Crippen molar-refractivity contribution in [3.8, 4) is 5.75 Å². The van der Waals surface area contributed by atoms with Gasteiger partial charge >= 0.3 is 0 Å². The number of carboxylic acids is 1. The van der Waals surface area contributed by atoms with Crippen LogP contribution in [0.3, 0.4) is 0 Å². The first-order valence-electron chi connectivity index (χ1n) is 6.95. The largest absolute Gasteiger partial charge is 0.540 e. The van der Waals surface area contributed by atoms with Gasteiger partial charge in [0.15, 0.2) is 6.61 Å². The van der Waals surface area contributed by atoms with Crippen molar-refractivity contribution in [2.45, 2.75) is 6.92 Å². The van der Waals surface area contributed by atoms with Crippen LogP contribution >= 0.6 is 0 Å². The van der Waals surface area contributed by atoms with E-state index in [0.29, 0.717) is 5.75 Å². The summed E-state index contributed by atoms with van der Waals surface area (Å²) in [5.41, 5.74) is 0.944. The number of amides is 2. The van der Waals surface area contributed by atoms with Gasteiger partial charge in [-0.25, -0.2) is 0 Å². The summed E-state index contributed by atoms with van der Waals surface area (Å²) in [5, 5.41) is 10.5. The topological polar surface area (TPSA) is 90.0 Å². The maximum atomic E-state index is 12.1. The zero-order valence-corrected chi connectivity index (χ0v) is 12.3. The first-order valence-corrected chi connectivity index (χ1v) is 6.95. The molecule has 0 spiro atoms. The van der Waals surface area contributed by atoms with Crippen LogP contribution in [0.5, 0.6) is 5.75 Å². The van der Waals surface area contributed by atoms with E-state index >= 15 is 0 Å². The lowest BCUT2D eigenvalue weighted by molar-refractivity contribution is -0.301. The summed E-state index contributed by atoms with van der Waals surface area (Å²) in [6, 6.07) is 7.40. The van der Waals surface area contributed by atoms with E-state index in [0.717, 1.165) is 5.56 Å². The molecule has 7 heteroatoms. The quantitative estimate of drug-likeness (QED) is 0.654. The fraction of sp³-hybridized carbons (Fsp3) is 0.400. The Bertz CT molecular complexity index is 579. The van der Waals surface area contributed by atoms with Gasteiger partial charge in [-0.15, -0.1) is 0 Å². The first kappa shape index (κ1) is 15.8. The van der Waals surface area contributed by atoms with E-state index in [1.54, 1.807) is 11.0 Å². The third-order valence-corrected chi connectivity index (χ3v) is 3.54. The molecular weight excluding hydrogens is 288 g/mol. The second kappa shape index (κ2) is 6.93. The molecule has 1 aliphatic heterocycles. The van der Waals surface area contributed by atoms with Gasteiger partial charge < -0.3 is 24.4 Å². The smallest absolute Gasteiger partial charge is 0.269 e. The molecule has 1 aromatic carbocycles. The molecule has 0 atom stereocenters. The molecule has 118 valence electrons. The second-order valence-electron chi connectivity index (χ2n) is 5.01. The average molecular weight is 305 g/mol. The molecular formula is C15H17N2O5-. The predicted molar refractivity (Wildman–Crippen MR) is 74.8 cm³/mol. The molecule has 1 aliphatic rings. The molecule has 0 N–H and O–H groups in total. The molecule has 7 nitrogen and oxygen atoms in total. The number of ether oxygens (including phenoxy) is 1. The Morgan fingerprint density at radius 2 is 1.68 bits per heavy atom. The van der Waals surface area contributed by atoms with Crippen molar-refractivity contribution in [1.82, 2.24) is 9.80 Å². The molecule has 0 radical (unpaired) electrons. The number of carboxylic acid groups (broad SMARTS) is 1. The lowest BCUT2D eigenvalue weighted by atomic mass is 10.2. The molecule has 22 heavy (non-hydrogen) atoms. The highest BCUT2D eigenvalue weighted by atomic mass is 16.5. The molecule has 1 aromatic rings. The maximum Gasteiger partial charge on any atom is 0.269 e. The van der Waals surface area contributed by atoms with E-state index < -0.39 is 11.9 Å². The van der Waals surface area contributed by atoms with Crippen LogP contribution in [0.25, 0.3) is 0 Å². The van der Waals surface area contributed by atoms with Crippen LogP contribution < -0.4 is 9.84 Å².